The Hall–Kier alpha value is -2.24. The average molecular weight is 323 g/mol. The summed E-state index contributed by atoms with van der Waals surface area (Å²) in [5, 5.41) is 0. The molecule has 0 saturated carbocycles. The first-order valence-electron chi connectivity index (χ1n) is 7.82. The van der Waals surface area contributed by atoms with Crippen LogP contribution in [-0.4, -0.2) is 44.8 Å². The molecule has 6 nitrogen and oxygen atoms in total. The fourth-order valence-corrected chi connectivity index (χ4v) is 2.21. The van der Waals surface area contributed by atoms with Crippen LogP contribution in [0.4, 0.5) is 5.69 Å². The number of anilines is 1. The number of rotatable bonds is 9. The lowest BCUT2D eigenvalue weighted by atomic mass is 10.2. The van der Waals surface area contributed by atoms with Crippen molar-refractivity contribution in [3.05, 3.63) is 24.3 Å². The van der Waals surface area contributed by atoms with Gasteiger partial charge in [0, 0.05) is 12.2 Å². The SMILES string of the molecule is CCCN(c1ccc(OC)cc1)C(C(=O)OCC)C(=O)OCC. The van der Waals surface area contributed by atoms with E-state index in [0.717, 1.165) is 12.1 Å². The molecule has 1 aromatic carbocycles. The van der Waals surface area contributed by atoms with E-state index in [2.05, 4.69) is 0 Å². The molecule has 0 N–H and O–H groups in total. The Morgan fingerprint density at radius 2 is 1.52 bits per heavy atom. The van der Waals surface area contributed by atoms with Gasteiger partial charge in [-0.15, -0.1) is 0 Å². The van der Waals surface area contributed by atoms with E-state index in [0.29, 0.717) is 12.3 Å². The van der Waals surface area contributed by atoms with Crippen molar-refractivity contribution < 1.29 is 23.8 Å². The highest BCUT2D eigenvalue weighted by molar-refractivity contribution is 6.02. The van der Waals surface area contributed by atoms with Gasteiger partial charge in [0.2, 0.25) is 6.04 Å². The number of esters is 2. The van der Waals surface area contributed by atoms with Crippen LogP contribution < -0.4 is 9.64 Å². The summed E-state index contributed by atoms with van der Waals surface area (Å²) in [6.45, 7) is 6.32. The zero-order chi connectivity index (χ0) is 17.2. The molecule has 0 aromatic heterocycles. The van der Waals surface area contributed by atoms with E-state index in [4.69, 9.17) is 14.2 Å². The highest BCUT2D eigenvalue weighted by Gasteiger charge is 2.35. The maximum atomic E-state index is 12.3. The van der Waals surface area contributed by atoms with Crippen molar-refractivity contribution in [1.29, 1.82) is 0 Å². The number of benzene rings is 1. The van der Waals surface area contributed by atoms with E-state index in [-0.39, 0.29) is 13.2 Å². The monoisotopic (exact) mass is 323 g/mol. The molecule has 128 valence electrons. The summed E-state index contributed by atoms with van der Waals surface area (Å²) in [4.78, 5) is 26.3. The lowest BCUT2D eigenvalue weighted by Gasteiger charge is -2.30. The maximum absolute atomic E-state index is 12.3. The van der Waals surface area contributed by atoms with Gasteiger partial charge in [-0.05, 0) is 44.5 Å². The van der Waals surface area contributed by atoms with E-state index < -0.39 is 18.0 Å². The molecule has 0 radical (unpaired) electrons. The molecule has 6 heteroatoms. The predicted molar refractivity (Wildman–Crippen MR) is 87.7 cm³/mol. The summed E-state index contributed by atoms with van der Waals surface area (Å²) < 4.78 is 15.3. The van der Waals surface area contributed by atoms with Crippen LogP contribution in [0.1, 0.15) is 27.2 Å². The van der Waals surface area contributed by atoms with Gasteiger partial charge in [0.1, 0.15) is 5.75 Å². The standard InChI is InChI=1S/C17H25NO5/c1-5-12-18(13-8-10-14(21-4)11-9-13)15(16(19)22-6-2)17(20)23-7-3/h8-11,15H,5-7,12H2,1-4H3. The maximum Gasteiger partial charge on any atom is 0.340 e. The number of hydrogen-bond donors (Lipinski definition) is 0. The molecule has 0 bridgehead atoms. The van der Waals surface area contributed by atoms with Gasteiger partial charge in [-0.3, -0.25) is 0 Å². The Balaban J connectivity index is 3.16. The quantitative estimate of drug-likeness (QED) is 0.513. The topological polar surface area (TPSA) is 65.1 Å². The Morgan fingerprint density at radius 3 is 1.91 bits per heavy atom. The van der Waals surface area contributed by atoms with Crippen molar-refractivity contribution in [3.63, 3.8) is 0 Å². The number of carbonyl (C=O) groups excluding carboxylic acids is 2. The molecule has 1 aromatic rings. The van der Waals surface area contributed by atoms with Gasteiger partial charge in [0.05, 0.1) is 20.3 Å². The zero-order valence-corrected chi connectivity index (χ0v) is 14.2. The first-order chi connectivity index (χ1) is 11.1. The average Bonchev–Trinajstić information content (AvgIpc) is 2.55. The minimum atomic E-state index is -1.11. The molecule has 0 saturated heterocycles. The molecule has 0 aliphatic carbocycles. The third-order valence-electron chi connectivity index (χ3n) is 3.20. The highest BCUT2D eigenvalue weighted by atomic mass is 16.6. The number of hydrogen-bond acceptors (Lipinski definition) is 6. The molecule has 23 heavy (non-hydrogen) atoms. The Bertz CT molecular complexity index is 482. The normalized spacial score (nSPS) is 10.3. The fourth-order valence-electron chi connectivity index (χ4n) is 2.21. The zero-order valence-electron chi connectivity index (χ0n) is 14.2. The Morgan fingerprint density at radius 1 is 1.00 bits per heavy atom. The molecule has 0 aliphatic heterocycles. The third kappa shape index (κ3) is 5.16. The van der Waals surface area contributed by atoms with Crippen molar-refractivity contribution in [1.82, 2.24) is 0 Å². The molecule has 0 atom stereocenters. The van der Waals surface area contributed by atoms with E-state index in [1.54, 1.807) is 50.1 Å². The summed E-state index contributed by atoms with van der Waals surface area (Å²) in [7, 11) is 1.58. The van der Waals surface area contributed by atoms with Crippen LogP contribution in [-0.2, 0) is 19.1 Å². The Labute approximate surface area is 137 Å². The molecular formula is C17H25NO5. The minimum absolute atomic E-state index is 0.206. The smallest absolute Gasteiger partial charge is 0.340 e. The summed E-state index contributed by atoms with van der Waals surface area (Å²) in [5.74, 6) is -0.501. The lowest BCUT2D eigenvalue weighted by Crippen LogP contribution is -2.49. The second-order valence-electron chi connectivity index (χ2n) is 4.80. The van der Waals surface area contributed by atoms with Crippen LogP contribution in [0.3, 0.4) is 0 Å². The van der Waals surface area contributed by atoms with Crippen molar-refractivity contribution in [2.75, 3.05) is 31.8 Å². The predicted octanol–water partition coefficient (Wildman–Crippen LogP) is 2.41. The highest BCUT2D eigenvalue weighted by Crippen LogP contribution is 2.22. The van der Waals surface area contributed by atoms with Crippen LogP contribution in [0.5, 0.6) is 5.75 Å². The second-order valence-corrected chi connectivity index (χ2v) is 4.80. The molecule has 0 fully saturated rings. The molecular weight excluding hydrogens is 298 g/mol. The van der Waals surface area contributed by atoms with E-state index in [1.165, 1.54) is 0 Å². The van der Waals surface area contributed by atoms with E-state index in [1.807, 2.05) is 6.92 Å². The van der Waals surface area contributed by atoms with Crippen LogP contribution in [0, 0.1) is 0 Å². The first kappa shape index (κ1) is 18.8. The number of nitrogens with zero attached hydrogens (tertiary/aromatic N) is 1. The van der Waals surface area contributed by atoms with Crippen molar-refractivity contribution in [2.45, 2.75) is 33.2 Å². The molecule has 0 aliphatic rings. The molecule has 0 spiro atoms. The van der Waals surface area contributed by atoms with Crippen molar-refractivity contribution in [3.8, 4) is 5.75 Å². The van der Waals surface area contributed by atoms with Gasteiger partial charge in [-0.2, -0.15) is 0 Å². The number of carbonyl (C=O) groups is 2. The first-order valence-corrected chi connectivity index (χ1v) is 7.82. The van der Waals surface area contributed by atoms with Gasteiger partial charge in [-0.25, -0.2) is 9.59 Å². The summed E-state index contributed by atoms with van der Waals surface area (Å²) in [6.07, 6.45) is 0.765. The minimum Gasteiger partial charge on any atom is -0.497 e. The fraction of sp³-hybridized carbons (Fsp3) is 0.529. The Kier molecular flexibility index (Phi) is 7.94. The van der Waals surface area contributed by atoms with E-state index >= 15 is 0 Å². The molecule has 0 amide bonds. The van der Waals surface area contributed by atoms with Crippen LogP contribution in [0.15, 0.2) is 24.3 Å². The van der Waals surface area contributed by atoms with Gasteiger partial charge in [0.25, 0.3) is 0 Å². The van der Waals surface area contributed by atoms with Gasteiger partial charge in [0.15, 0.2) is 0 Å². The second kappa shape index (κ2) is 9.71. The molecule has 0 unspecified atom stereocenters. The lowest BCUT2D eigenvalue weighted by molar-refractivity contribution is -0.156. The summed E-state index contributed by atoms with van der Waals surface area (Å²) in [6, 6.07) is 6.07. The summed E-state index contributed by atoms with van der Waals surface area (Å²) in [5.41, 5.74) is 0.735. The van der Waals surface area contributed by atoms with Gasteiger partial charge >= 0.3 is 11.9 Å². The largest absolute Gasteiger partial charge is 0.497 e. The van der Waals surface area contributed by atoms with Crippen LogP contribution in [0.25, 0.3) is 0 Å². The van der Waals surface area contributed by atoms with Gasteiger partial charge < -0.3 is 19.1 Å². The van der Waals surface area contributed by atoms with Gasteiger partial charge in [-0.1, -0.05) is 6.92 Å². The van der Waals surface area contributed by atoms with E-state index in [9.17, 15) is 9.59 Å². The molecule has 0 heterocycles. The number of ether oxygens (including phenoxy) is 3. The third-order valence-corrected chi connectivity index (χ3v) is 3.20. The van der Waals surface area contributed by atoms with Crippen molar-refractivity contribution in [2.24, 2.45) is 0 Å². The summed E-state index contributed by atoms with van der Waals surface area (Å²) >= 11 is 0. The van der Waals surface area contributed by atoms with Crippen LogP contribution in [0.2, 0.25) is 0 Å². The molecule has 1 rings (SSSR count). The van der Waals surface area contributed by atoms with Crippen LogP contribution >= 0.6 is 0 Å². The number of methoxy groups -OCH3 is 1. The van der Waals surface area contributed by atoms with Crippen molar-refractivity contribution >= 4 is 17.6 Å².